The number of hydrogen-bond donors (Lipinski definition) is 0. The molecule has 0 bridgehead atoms. The smallest absolute Gasteiger partial charge is 0.141 e. The number of para-hydroxylation sites is 2. The lowest BCUT2D eigenvalue weighted by Gasteiger charge is -2.35. The van der Waals surface area contributed by atoms with Crippen LogP contribution >= 0.6 is 0 Å². The van der Waals surface area contributed by atoms with Gasteiger partial charge in [-0.25, -0.2) is 0 Å². The predicted molar refractivity (Wildman–Crippen MR) is 291 cm³/mol. The van der Waals surface area contributed by atoms with E-state index in [1.807, 2.05) is 0 Å². The molecule has 12 rings (SSSR count). The van der Waals surface area contributed by atoms with Gasteiger partial charge in [0.1, 0.15) is 39.2 Å². The summed E-state index contributed by atoms with van der Waals surface area (Å²) in [4.78, 5) is 4.99. The number of anilines is 6. The van der Waals surface area contributed by atoms with Crippen LogP contribution in [0.15, 0.2) is 188 Å². The highest BCUT2D eigenvalue weighted by molar-refractivity contribution is 6.69. The minimum Gasteiger partial charge on any atom is -0.312 e. The molecule has 0 heterocycles. The molecule has 0 aromatic heterocycles. The average molecular weight is 826 g/mol. The number of nitrogens with zero attached hydrogens (tertiary/aromatic N) is 2. The van der Waals surface area contributed by atoms with Gasteiger partial charge in [0.05, 0.1) is 5.41 Å². The maximum atomic E-state index is 2.53. The average Bonchev–Trinajstić information content (AvgIpc) is 3.90. The van der Waals surface area contributed by atoms with Gasteiger partial charge in [-0.05, 0) is 127 Å². The number of hydrogen-bond acceptors (Lipinski definition) is 2. The fraction of sp³-hybridized carbons (Fsp3) is 0.0690. The van der Waals surface area contributed by atoms with Crippen LogP contribution in [0.1, 0.15) is 47.2 Å². The van der Waals surface area contributed by atoms with E-state index in [9.17, 15) is 0 Å². The van der Waals surface area contributed by atoms with E-state index in [1.54, 1.807) is 0 Å². The van der Waals surface area contributed by atoms with Gasteiger partial charge in [-0.3, -0.25) is 0 Å². The maximum Gasteiger partial charge on any atom is 0.141 e. The zero-order valence-corrected chi connectivity index (χ0v) is 38.3. The van der Waals surface area contributed by atoms with Crippen molar-refractivity contribution >= 4 is 101 Å². The summed E-state index contributed by atoms with van der Waals surface area (Å²) in [6.07, 6.45) is 0. The Morgan fingerprint density at radius 2 is 0.631 bits per heavy atom. The van der Waals surface area contributed by atoms with Gasteiger partial charge in [-0.2, -0.15) is 0 Å². The van der Waals surface area contributed by atoms with Gasteiger partial charge >= 0.3 is 0 Å². The molecule has 1 unspecified atom stereocenters. The first kappa shape index (κ1) is 39.5. The Kier molecular flexibility index (Phi) is 8.79. The second-order valence-electron chi connectivity index (χ2n) is 19.0. The first-order valence-corrected chi connectivity index (χ1v) is 23.1. The van der Waals surface area contributed by atoms with E-state index < -0.39 is 5.41 Å². The summed E-state index contributed by atoms with van der Waals surface area (Å²) in [7, 11) is 11.4. The summed E-state index contributed by atoms with van der Waals surface area (Å²) < 4.78 is 0. The lowest BCUT2D eigenvalue weighted by molar-refractivity contribution is 0.660. The van der Waals surface area contributed by atoms with E-state index in [4.69, 9.17) is 0 Å². The van der Waals surface area contributed by atoms with Crippen LogP contribution in [0, 0.1) is 0 Å². The van der Waals surface area contributed by atoms with E-state index in [2.05, 4.69) is 251 Å². The van der Waals surface area contributed by atoms with Crippen LogP contribution in [0.4, 0.5) is 34.1 Å². The second kappa shape index (κ2) is 14.5. The van der Waals surface area contributed by atoms with Crippen LogP contribution in [-0.4, -0.2) is 39.2 Å². The first-order chi connectivity index (χ1) is 31.6. The van der Waals surface area contributed by atoms with E-state index in [0.717, 1.165) is 28.4 Å². The Morgan fingerprint density at radius 3 is 1.12 bits per heavy atom. The number of fused-ring (bicyclic) bond motifs is 13. The molecule has 65 heavy (non-hydrogen) atoms. The van der Waals surface area contributed by atoms with Gasteiger partial charge in [0.2, 0.25) is 0 Å². The quantitative estimate of drug-likeness (QED) is 0.175. The van der Waals surface area contributed by atoms with Gasteiger partial charge in [-0.1, -0.05) is 163 Å². The lowest BCUT2D eigenvalue weighted by atomic mass is 9.61. The summed E-state index contributed by atoms with van der Waals surface area (Å²) in [5, 5.41) is 0. The van der Waals surface area contributed by atoms with E-state index in [-0.39, 0.29) is 5.41 Å². The minimum absolute atomic E-state index is 0.121. The molecule has 1 spiro atoms. The standard InChI is InChI=1S/C58H47B5N2/c1-57(2)45-22-12-9-19-39(45)42-28-25-36(31-48(42)57)64(34-15-5-3-6-16-34)37-26-29-43-40-20-10-13-23-46(40)58(49(43)32-37)47-24-14-11-21-41(47)44-30-27-38(33-50(44)58)65(35-17-7-4-8-18-35)56-54(62)52(60)51(59)53(61)55(56)63/h3-33H,59-63H2,1-2H3. The van der Waals surface area contributed by atoms with Crippen molar-refractivity contribution in [1.29, 1.82) is 0 Å². The Balaban J connectivity index is 1.11. The predicted octanol–water partition coefficient (Wildman–Crippen LogP) is 6.57. The Labute approximate surface area is 388 Å². The third-order valence-electron chi connectivity index (χ3n) is 15.6. The molecule has 9 aromatic carbocycles. The molecule has 0 amide bonds. The van der Waals surface area contributed by atoms with Crippen LogP contribution in [0.5, 0.6) is 0 Å². The molecule has 9 aromatic rings. The summed E-state index contributed by atoms with van der Waals surface area (Å²) >= 11 is 0. The van der Waals surface area contributed by atoms with E-state index in [1.165, 1.54) is 99.8 Å². The molecule has 0 N–H and O–H groups in total. The van der Waals surface area contributed by atoms with Crippen molar-refractivity contribution in [2.45, 2.75) is 24.7 Å². The molecular formula is C58H47B5N2. The summed E-state index contributed by atoms with van der Waals surface area (Å²) in [5.41, 5.74) is 28.9. The van der Waals surface area contributed by atoms with Crippen molar-refractivity contribution in [3.8, 4) is 33.4 Å². The monoisotopic (exact) mass is 826 g/mol. The Hall–Kier alpha value is -7.10. The van der Waals surface area contributed by atoms with Gasteiger partial charge in [0, 0.05) is 39.5 Å². The minimum atomic E-state index is -0.556. The topological polar surface area (TPSA) is 6.48 Å². The Bertz CT molecular complexity index is 3400. The van der Waals surface area contributed by atoms with Crippen molar-refractivity contribution < 1.29 is 0 Å². The SMILES string of the molecule is Bc1c(B)c(B)c(N(c2ccccc2)c2ccc3c(c2)C2(c4ccccc4-c4ccc(N(c5ccccc5)c5ccc6c(c5)C(C)(C)c5ccccc5-6)cc42)c2ccccc2-3)c(B)c1B. The van der Waals surface area contributed by atoms with Gasteiger partial charge in [0.15, 0.2) is 0 Å². The highest BCUT2D eigenvalue weighted by Gasteiger charge is 2.52. The summed E-state index contributed by atoms with van der Waals surface area (Å²) in [6, 6.07) is 70.8. The molecule has 3 aliphatic rings. The summed E-state index contributed by atoms with van der Waals surface area (Å²) in [6.45, 7) is 4.74. The molecule has 304 valence electrons. The van der Waals surface area contributed by atoms with Crippen LogP contribution in [0.3, 0.4) is 0 Å². The molecule has 0 fully saturated rings. The van der Waals surface area contributed by atoms with Crippen molar-refractivity contribution in [2.75, 3.05) is 9.80 Å². The number of benzene rings is 9. The molecule has 0 saturated heterocycles. The Morgan fingerprint density at radius 1 is 0.292 bits per heavy atom. The number of rotatable bonds is 6. The third kappa shape index (κ3) is 5.48. The molecule has 7 heteroatoms. The highest BCUT2D eigenvalue weighted by atomic mass is 15.2. The van der Waals surface area contributed by atoms with Gasteiger partial charge in [-0.15, -0.1) is 5.46 Å². The van der Waals surface area contributed by atoms with Crippen molar-refractivity contribution in [2.24, 2.45) is 0 Å². The molecule has 0 radical (unpaired) electrons. The first-order valence-electron chi connectivity index (χ1n) is 23.1. The molecular weight excluding hydrogens is 779 g/mol. The zero-order chi connectivity index (χ0) is 44.4. The van der Waals surface area contributed by atoms with Crippen LogP contribution in [0.25, 0.3) is 33.4 Å². The lowest BCUT2D eigenvalue weighted by Crippen LogP contribution is -2.56. The van der Waals surface area contributed by atoms with Crippen molar-refractivity contribution in [3.63, 3.8) is 0 Å². The van der Waals surface area contributed by atoms with Crippen LogP contribution in [-0.2, 0) is 10.8 Å². The van der Waals surface area contributed by atoms with Crippen molar-refractivity contribution in [1.82, 2.24) is 0 Å². The fourth-order valence-corrected chi connectivity index (χ4v) is 12.0. The van der Waals surface area contributed by atoms with Crippen LogP contribution in [0.2, 0.25) is 0 Å². The maximum absolute atomic E-state index is 2.53. The molecule has 2 nitrogen and oxygen atoms in total. The van der Waals surface area contributed by atoms with E-state index >= 15 is 0 Å². The zero-order valence-electron chi connectivity index (χ0n) is 38.3. The second-order valence-corrected chi connectivity index (χ2v) is 19.0. The van der Waals surface area contributed by atoms with Crippen LogP contribution < -0.4 is 37.1 Å². The molecule has 3 aliphatic carbocycles. The molecule has 1 atom stereocenters. The highest BCUT2D eigenvalue weighted by Crippen LogP contribution is 2.64. The third-order valence-corrected chi connectivity index (χ3v) is 15.6. The largest absolute Gasteiger partial charge is 0.312 e. The molecule has 0 saturated carbocycles. The summed E-state index contributed by atoms with van der Waals surface area (Å²) in [5.74, 6) is 0. The molecule has 0 aliphatic heterocycles. The normalized spacial score (nSPS) is 15.4. The van der Waals surface area contributed by atoms with Gasteiger partial charge in [0.25, 0.3) is 0 Å². The van der Waals surface area contributed by atoms with Crippen molar-refractivity contribution in [3.05, 3.63) is 221 Å². The van der Waals surface area contributed by atoms with E-state index in [0.29, 0.717) is 0 Å². The fourth-order valence-electron chi connectivity index (χ4n) is 12.0. The van der Waals surface area contributed by atoms with Gasteiger partial charge < -0.3 is 9.80 Å².